The molecule has 0 saturated carbocycles. The van der Waals surface area contributed by atoms with Crippen molar-refractivity contribution in [3.05, 3.63) is 118 Å². The lowest BCUT2D eigenvalue weighted by atomic mass is 9.89. The predicted octanol–water partition coefficient (Wildman–Crippen LogP) is 6.76. The number of carbonyl (C=O) groups excluding carboxylic acids is 3. The smallest absolute Gasteiger partial charge is 0.311 e. The molecule has 2 amide bonds. The molecule has 0 aliphatic carbocycles. The Balaban J connectivity index is 1.29. The van der Waals surface area contributed by atoms with Gasteiger partial charge in [-0.2, -0.15) is 0 Å². The Labute approximate surface area is 263 Å². The molecule has 5 rings (SSSR count). The Bertz CT molecular complexity index is 1500. The largest absolute Gasteiger partial charge is 0.427 e. The molecule has 0 bridgehead atoms. The van der Waals surface area contributed by atoms with Gasteiger partial charge in [0.25, 0.3) is 0 Å². The SMILES string of the molecule is CC(C)[C@H](NC(=O)[C@H](C)CC(=O)Oc1ccccc1)C(=O)N1CCC[C@@H]1c1nc(C(c2ccccc2)c2ccccc2)cs1. The maximum absolute atomic E-state index is 14.0. The lowest BCUT2D eigenvalue weighted by molar-refractivity contribution is -0.141. The zero-order chi connectivity index (χ0) is 31.1. The molecular weight excluding hydrogens is 570 g/mol. The van der Waals surface area contributed by atoms with E-state index in [-0.39, 0.29) is 36.1 Å². The van der Waals surface area contributed by atoms with Gasteiger partial charge in [0, 0.05) is 17.8 Å². The number of nitrogens with one attached hydrogen (secondary N) is 1. The van der Waals surface area contributed by atoms with Crippen LogP contribution in [-0.2, 0) is 14.4 Å². The van der Waals surface area contributed by atoms with Crippen LogP contribution >= 0.6 is 11.3 Å². The van der Waals surface area contributed by atoms with Crippen molar-refractivity contribution in [1.29, 1.82) is 0 Å². The summed E-state index contributed by atoms with van der Waals surface area (Å²) in [6.07, 6.45) is 1.60. The van der Waals surface area contributed by atoms with Crippen LogP contribution in [-0.4, -0.2) is 40.3 Å². The summed E-state index contributed by atoms with van der Waals surface area (Å²) >= 11 is 1.59. The van der Waals surface area contributed by atoms with Crippen LogP contribution in [0.1, 0.15) is 73.8 Å². The van der Waals surface area contributed by atoms with Crippen LogP contribution in [0.2, 0.25) is 0 Å². The lowest BCUT2D eigenvalue weighted by Crippen LogP contribution is -2.52. The summed E-state index contributed by atoms with van der Waals surface area (Å²) in [5.41, 5.74) is 3.30. The number of esters is 1. The molecule has 0 spiro atoms. The minimum absolute atomic E-state index is 0.00859. The number of thiazole rings is 1. The van der Waals surface area contributed by atoms with E-state index in [4.69, 9.17) is 9.72 Å². The molecule has 3 atom stereocenters. The fourth-order valence-corrected chi connectivity index (χ4v) is 6.68. The zero-order valence-corrected chi connectivity index (χ0v) is 26.2. The average Bonchev–Trinajstić information content (AvgIpc) is 3.71. The Morgan fingerprint density at radius 2 is 1.50 bits per heavy atom. The first-order valence-electron chi connectivity index (χ1n) is 15.2. The number of amides is 2. The number of carbonyl (C=O) groups is 3. The third kappa shape index (κ3) is 7.42. The standard InChI is InChI=1S/C36H39N3O4S/c1-24(2)33(38-34(41)25(3)22-31(40)43-28-18-11-6-12-19-28)36(42)39-21-13-20-30(39)35-37-29(23-44-35)32(26-14-7-4-8-15-26)27-16-9-5-10-17-27/h4-12,14-19,23-25,30,32-33H,13,20-22H2,1-3H3,(H,38,41)/t25-,30-,33+/m1/s1. The fourth-order valence-electron chi connectivity index (χ4n) is 5.69. The van der Waals surface area contributed by atoms with E-state index in [0.29, 0.717) is 12.3 Å². The van der Waals surface area contributed by atoms with Gasteiger partial charge in [-0.25, -0.2) is 4.98 Å². The predicted molar refractivity (Wildman–Crippen MR) is 172 cm³/mol. The van der Waals surface area contributed by atoms with Crippen LogP contribution in [0.15, 0.2) is 96.4 Å². The van der Waals surface area contributed by atoms with Gasteiger partial charge in [-0.1, -0.05) is 99.6 Å². The molecule has 3 aromatic carbocycles. The van der Waals surface area contributed by atoms with Crippen molar-refractivity contribution in [2.75, 3.05) is 6.54 Å². The van der Waals surface area contributed by atoms with Gasteiger partial charge in [0.05, 0.1) is 24.1 Å². The molecule has 1 fully saturated rings. The van der Waals surface area contributed by atoms with Crippen LogP contribution in [0, 0.1) is 11.8 Å². The van der Waals surface area contributed by atoms with Gasteiger partial charge >= 0.3 is 5.97 Å². The summed E-state index contributed by atoms with van der Waals surface area (Å²) in [6.45, 7) is 6.13. The quantitative estimate of drug-likeness (QED) is 0.150. The second kappa shape index (κ2) is 14.4. The Hall–Kier alpha value is -4.30. The first-order chi connectivity index (χ1) is 21.3. The number of nitrogens with zero attached hydrogens (tertiary/aromatic N) is 2. The molecule has 1 aliphatic heterocycles. The monoisotopic (exact) mass is 609 g/mol. The van der Waals surface area contributed by atoms with Crippen LogP contribution in [0.25, 0.3) is 0 Å². The maximum atomic E-state index is 14.0. The normalized spacial score (nSPS) is 16.1. The first-order valence-corrected chi connectivity index (χ1v) is 16.1. The molecule has 1 N–H and O–H groups in total. The second-order valence-electron chi connectivity index (χ2n) is 11.7. The third-order valence-electron chi connectivity index (χ3n) is 8.05. The van der Waals surface area contributed by atoms with Gasteiger partial charge in [-0.05, 0) is 42.0 Å². The summed E-state index contributed by atoms with van der Waals surface area (Å²) in [4.78, 5) is 46.6. The lowest BCUT2D eigenvalue weighted by Gasteiger charge is -2.31. The van der Waals surface area contributed by atoms with Crippen molar-refractivity contribution in [2.45, 2.75) is 58.0 Å². The van der Waals surface area contributed by atoms with Gasteiger partial charge in [-0.15, -0.1) is 11.3 Å². The fraction of sp³-hybridized carbons (Fsp3) is 0.333. The van der Waals surface area contributed by atoms with E-state index in [9.17, 15) is 14.4 Å². The third-order valence-corrected chi connectivity index (χ3v) is 9.01. The van der Waals surface area contributed by atoms with Crippen molar-refractivity contribution in [3.8, 4) is 5.75 Å². The van der Waals surface area contributed by atoms with Crippen LogP contribution < -0.4 is 10.1 Å². The van der Waals surface area contributed by atoms with Crippen LogP contribution in [0.3, 0.4) is 0 Å². The molecular formula is C36H39N3O4S. The van der Waals surface area contributed by atoms with Gasteiger partial charge in [0.15, 0.2) is 0 Å². The van der Waals surface area contributed by atoms with Gasteiger partial charge in [0.2, 0.25) is 11.8 Å². The summed E-state index contributed by atoms with van der Waals surface area (Å²) in [5.74, 6) is -1.31. The molecule has 8 heteroatoms. The molecule has 1 aromatic heterocycles. The van der Waals surface area contributed by atoms with E-state index >= 15 is 0 Å². The molecule has 7 nitrogen and oxygen atoms in total. The number of benzene rings is 3. The molecule has 228 valence electrons. The van der Waals surface area contributed by atoms with Gasteiger partial charge < -0.3 is 15.0 Å². The summed E-state index contributed by atoms with van der Waals surface area (Å²) in [6, 6.07) is 28.6. The number of hydrogen-bond donors (Lipinski definition) is 1. The minimum atomic E-state index is -0.712. The summed E-state index contributed by atoms with van der Waals surface area (Å²) in [5, 5.41) is 5.97. The number of likely N-dealkylation sites (tertiary alicyclic amines) is 1. The molecule has 1 saturated heterocycles. The van der Waals surface area contributed by atoms with Crippen molar-refractivity contribution in [1.82, 2.24) is 15.2 Å². The van der Waals surface area contributed by atoms with Crippen LogP contribution in [0.5, 0.6) is 5.75 Å². The first kappa shape index (κ1) is 31.1. The highest BCUT2D eigenvalue weighted by Crippen LogP contribution is 2.38. The highest BCUT2D eigenvalue weighted by Gasteiger charge is 2.38. The summed E-state index contributed by atoms with van der Waals surface area (Å²) in [7, 11) is 0. The van der Waals surface area contributed by atoms with Crippen molar-refractivity contribution < 1.29 is 19.1 Å². The second-order valence-corrected chi connectivity index (χ2v) is 12.6. The van der Waals surface area contributed by atoms with E-state index in [2.05, 4.69) is 35.0 Å². The number of hydrogen-bond acceptors (Lipinski definition) is 6. The van der Waals surface area contributed by atoms with Crippen molar-refractivity contribution >= 4 is 29.1 Å². The van der Waals surface area contributed by atoms with E-state index in [1.807, 2.05) is 61.2 Å². The van der Waals surface area contributed by atoms with Gasteiger partial charge in [0.1, 0.15) is 16.8 Å². The van der Waals surface area contributed by atoms with Crippen molar-refractivity contribution in [2.24, 2.45) is 11.8 Å². The molecule has 0 radical (unpaired) electrons. The van der Waals surface area contributed by atoms with E-state index in [1.54, 1.807) is 42.5 Å². The molecule has 44 heavy (non-hydrogen) atoms. The van der Waals surface area contributed by atoms with Crippen LogP contribution in [0.4, 0.5) is 0 Å². The minimum Gasteiger partial charge on any atom is -0.427 e. The molecule has 1 aliphatic rings. The number of ether oxygens (including phenoxy) is 1. The summed E-state index contributed by atoms with van der Waals surface area (Å²) < 4.78 is 5.35. The number of rotatable bonds is 11. The number of para-hydroxylation sites is 1. The highest BCUT2D eigenvalue weighted by atomic mass is 32.1. The van der Waals surface area contributed by atoms with E-state index in [0.717, 1.165) is 23.5 Å². The number of aromatic nitrogens is 1. The van der Waals surface area contributed by atoms with E-state index < -0.39 is 17.9 Å². The molecule has 4 aromatic rings. The molecule has 2 heterocycles. The highest BCUT2D eigenvalue weighted by molar-refractivity contribution is 7.09. The Morgan fingerprint density at radius 3 is 2.09 bits per heavy atom. The molecule has 0 unspecified atom stereocenters. The van der Waals surface area contributed by atoms with Gasteiger partial charge in [-0.3, -0.25) is 14.4 Å². The zero-order valence-electron chi connectivity index (χ0n) is 25.4. The maximum Gasteiger partial charge on any atom is 0.311 e. The topological polar surface area (TPSA) is 88.6 Å². The Morgan fingerprint density at radius 1 is 0.909 bits per heavy atom. The average molecular weight is 610 g/mol. The van der Waals surface area contributed by atoms with E-state index in [1.165, 1.54) is 11.1 Å². The van der Waals surface area contributed by atoms with Crippen molar-refractivity contribution in [3.63, 3.8) is 0 Å². The Kier molecular flexibility index (Phi) is 10.2.